The number of aromatic carboxylic acids is 3. The largest absolute Gasteiger partial charge is 1.00 e. The summed E-state index contributed by atoms with van der Waals surface area (Å²) in [5, 5.41) is 26.9. The number of hydrogen-bond donors (Lipinski definition) is 3. The van der Waals surface area contributed by atoms with Crippen LogP contribution in [0.3, 0.4) is 0 Å². The molecule has 0 aliphatic heterocycles. The van der Waals surface area contributed by atoms with Crippen LogP contribution in [0, 0.1) is 0 Å². The molecule has 0 fully saturated rings. The van der Waals surface area contributed by atoms with Crippen LogP contribution in [-0.4, -0.2) is 39.7 Å². The minimum absolute atomic E-state index is 0. The molecule has 0 bridgehead atoms. The van der Waals surface area contributed by atoms with Crippen LogP contribution < -0.4 is 4.74 Å². The van der Waals surface area contributed by atoms with Gasteiger partial charge in [0.1, 0.15) is 0 Å². The predicted molar refractivity (Wildman–Crippen MR) is 71.1 cm³/mol. The molecule has 0 amide bonds. The Labute approximate surface area is 208 Å². The van der Waals surface area contributed by atoms with Gasteiger partial charge in [-0.05, 0) is 28.7 Å². The smallest absolute Gasteiger partial charge is 0.609 e. The van der Waals surface area contributed by atoms with E-state index in [1.807, 2.05) is 0 Å². The Balaban J connectivity index is -0.00000132. The van der Waals surface area contributed by atoms with E-state index in [1.165, 1.54) is 0 Å². The van der Waals surface area contributed by atoms with Gasteiger partial charge < -0.3 is 24.9 Å². The molecule has 0 heterocycles. The Kier molecular flexibility index (Phi) is 15.0. The fourth-order valence-electron chi connectivity index (χ4n) is 2.13. The standard InChI is InChI=1S/C14H7O8.4Ag/c15-5-22-9-4-3-7(13(18)19)10-6(12(16)17)1-2-8(11(9)10)14(20)21;;;;/h1-4H,(H,16,17)(H,18,19)(H,20,21);;;;/q-1;;;;+1. The summed E-state index contributed by atoms with van der Waals surface area (Å²) in [5.74, 6) is -4.62. The maximum absolute atomic E-state index is 11.3. The van der Waals surface area contributed by atoms with Crippen molar-refractivity contribution < 1.29 is 129 Å². The quantitative estimate of drug-likeness (QED) is 0.310. The molecule has 0 spiro atoms. The van der Waals surface area contributed by atoms with Gasteiger partial charge >= 0.3 is 40.3 Å². The van der Waals surface area contributed by atoms with E-state index in [0.717, 1.165) is 30.7 Å². The number of rotatable bonds is 5. The number of carbonyl (C=O) groups excluding carboxylic acids is 1. The fourth-order valence-corrected chi connectivity index (χ4v) is 2.13. The molecule has 155 valence electrons. The van der Waals surface area contributed by atoms with E-state index >= 15 is 0 Å². The van der Waals surface area contributed by atoms with Crippen molar-refractivity contribution in [3.05, 3.63) is 41.0 Å². The van der Waals surface area contributed by atoms with E-state index in [1.54, 1.807) is 0 Å². The average molecular weight is 735 g/mol. The monoisotopic (exact) mass is 731 g/mol. The Morgan fingerprint density at radius 1 is 0.731 bits per heavy atom. The molecule has 0 atom stereocenters. The van der Waals surface area contributed by atoms with Gasteiger partial charge in [0.2, 0.25) is 0 Å². The molecular weight excluding hydrogens is 728 g/mol. The van der Waals surface area contributed by atoms with Crippen LogP contribution in [0.5, 0.6) is 5.75 Å². The number of carbonyl (C=O) groups is 3. The molecule has 3 radical (unpaired) electrons. The minimum atomic E-state index is -1.45. The molecular formula is C14H7Ag4O8. The van der Waals surface area contributed by atoms with Crippen molar-refractivity contribution in [2.24, 2.45) is 0 Å². The molecule has 2 aromatic rings. The second-order valence-electron chi connectivity index (χ2n) is 4.12. The summed E-state index contributed by atoms with van der Waals surface area (Å²) in [6, 6.07) is 4.07. The van der Waals surface area contributed by atoms with Crippen molar-refractivity contribution in [2.75, 3.05) is 0 Å². The van der Waals surface area contributed by atoms with E-state index in [2.05, 4.69) is 4.74 Å². The van der Waals surface area contributed by atoms with Gasteiger partial charge in [0.05, 0.1) is 16.7 Å². The molecule has 3 N–H and O–H groups in total. The third kappa shape index (κ3) is 6.03. The van der Waals surface area contributed by atoms with E-state index in [0.29, 0.717) is 0 Å². The molecule has 0 saturated carbocycles. The Bertz CT molecular complexity index is 817. The molecule has 2 aromatic carbocycles. The number of fused-ring (bicyclic) bond motifs is 1. The van der Waals surface area contributed by atoms with Gasteiger partial charge in [-0.1, -0.05) is 6.07 Å². The molecule has 12 heteroatoms. The topological polar surface area (TPSA) is 138 Å². The van der Waals surface area contributed by atoms with Crippen LogP contribution in [-0.2, 0) is 94.3 Å². The first kappa shape index (κ1) is 30.3. The van der Waals surface area contributed by atoms with Gasteiger partial charge in [-0.25, -0.2) is 14.4 Å². The van der Waals surface area contributed by atoms with Crippen molar-refractivity contribution >= 4 is 35.2 Å². The van der Waals surface area contributed by atoms with Gasteiger partial charge in [0, 0.05) is 67.1 Å². The zero-order valence-electron chi connectivity index (χ0n) is 11.9. The molecule has 8 nitrogen and oxygen atoms in total. The Hall–Kier alpha value is -0.459. The summed E-state index contributed by atoms with van der Waals surface area (Å²) in [5.41, 5.74) is -1.24. The van der Waals surface area contributed by atoms with Crippen LogP contribution in [0.1, 0.15) is 31.1 Å². The van der Waals surface area contributed by atoms with E-state index < -0.39 is 34.6 Å². The first-order chi connectivity index (χ1) is 10.4. The van der Waals surface area contributed by atoms with Crippen molar-refractivity contribution in [2.45, 2.75) is 0 Å². The summed E-state index contributed by atoms with van der Waals surface area (Å²) >= 11 is 0. The first-order valence-corrected chi connectivity index (χ1v) is 5.72. The van der Waals surface area contributed by atoms with Crippen molar-refractivity contribution in [1.29, 1.82) is 0 Å². The van der Waals surface area contributed by atoms with Crippen molar-refractivity contribution in [3.63, 3.8) is 0 Å². The second kappa shape index (κ2) is 12.8. The first-order valence-electron chi connectivity index (χ1n) is 5.72. The number of hydrogen-bond acceptors (Lipinski definition) is 5. The van der Waals surface area contributed by atoms with Crippen LogP contribution in [0.4, 0.5) is 0 Å². The molecule has 0 aliphatic rings. The Morgan fingerprint density at radius 2 is 1.08 bits per heavy atom. The van der Waals surface area contributed by atoms with Gasteiger partial charge in [-0.2, -0.15) is 0 Å². The number of ether oxygens (including phenoxy) is 1. The molecule has 0 aromatic heterocycles. The van der Waals surface area contributed by atoms with Crippen molar-refractivity contribution in [1.82, 2.24) is 0 Å². The molecule has 26 heavy (non-hydrogen) atoms. The van der Waals surface area contributed by atoms with Crippen LogP contribution in [0.2, 0.25) is 0 Å². The summed E-state index contributed by atoms with van der Waals surface area (Å²) < 4.78 is 4.52. The second-order valence-corrected chi connectivity index (χ2v) is 4.12. The number of carboxylic acids is 3. The fraction of sp³-hybridized carbons (Fsp3) is 0. The SMILES string of the molecule is O=[C-]Oc1ccc(C(=O)O)c2c(C(=O)O)ccc(C(=O)O)c12.[Ag+].[Ag].[Ag].[Ag]. The van der Waals surface area contributed by atoms with Gasteiger partial charge in [0.15, 0.2) is 6.47 Å². The molecule has 2 rings (SSSR count). The van der Waals surface area contributed by atoms with E-state index in [-0.39, 0.29) is 106 Å². The minimum Gasteiger partial charge on any atom is -0.609 e. The van der Waals surface area contributed by atoms with Crippen LogP contribution >= 0.6 is 0 Å². The molecule has 0 aliphatic carbocycles. The molecule has 0 saturated heterocycles. The normalized spacial score (nSPS) is 8.62. The van der Waals surface area contributed by atoms with Crippen LogP contribution in [0.15, 0.2) is 24.3 Å². The maximum atomic E-state index is 11.3. The summed E-state index contributed by atoms with van der Waals surface area (Å²) in [6.45, 7) is 1.10. The summed E-state index contributed by atoms with van der Waals surface area (Å²) in [4.78, 5) is 44.3. The van der Waals surface area contributed by atoms with Crippen molar-refractivity contribution in [3.8, 4) is 5.75 Å². The van der Waals surface area contributed by atoms with E-state index in [4.69, 9.17) is 0 Å². The molecule has 0 unspecified atom stereocenters. The maximum Gasteiger partial charge on any atom is 1.00 e. The third-order valence-electron chi connectivity index (χ3n) is 2.97. The Morgan fingerprint density at radius 3 is 1.42 bits per heavy atom. The summed E-state index contributed by atoms with van der Waals surface area (Å²) in [6.07, 6.45) is 0. The van der Waals surface area contributed by atoms with Gasteiger partial charge in [0.25, 0.3) is 0 Å². The van der Waals surface area contributed by atoms with Crippen LogP contribution in [0.25, 0.3) is 10.8 Å². The number of benzene rings is 2. The zero-order valence-corrected chi connectivity index (χ0v) is 17.8. The summed E-state index contributed by atoms with van der Waals surface area (Å²) in [7, 11) is 0. The third-order valence-corrected chi connectivity index (χ3v) is 2.97. The number of carboxylic acid groups (broad SMARTS) is 3. The van der Waals surface area contributed by atoms with Gasteiger partial charge in [-0.3, -0.25) is 0 Å². The zero-order chi connectivity index (χ0) is 16.4. The van der Waals surface area contributed by atoms with Gasteiger partial charge in [-0.15, -0.1) is 6.07 Å². The average Bonchev–Trinajstić information content (AvgIpc) is 2.45. The predicted octanol–water partition coefficient (Wildman–Crippen LogP) is 1.37. The van der Waals surface area contributed by atoms with E-state index in [9.17, 15) is 34.5 Å².